The molecule has 0 unspecified atom stereocenters. The van der Waals surface area contributed by atoms with Crippen LogP contribution in [-0.4, -0.2) is 9.55 Å². The smallest absolute Gasteiger partial charge is 0.140 e. The van der Waals surface area contributed by atoms with Gasteiger partial charge in [0.25, 0.3) is 0 Å². The summed E-state index contributed by atoms with van der Waals surface area (Å²) in [5.41, 5.74) is 10.2. The highest BCUT2D eigenvalue weighted by atomic mass is 19.1. The highest BCUT2D eigenvalue weighted by molar-refractivity contribution is 5.81. The molecule has 0 saturated heterocycles. The second-order valence-corrected chi connectivity index (χ2v) is 4.99. The molecule has 2 N–H and O–H groups in total. The highest BCUT2D eigenvalue weighted by Gasteiger charge is 2.11. The fourth-order valence-corrected chi connectivity index (χ4v) is 2.41. The molecule has 4 heteroatoms. The third-order valence-corrected chi connectivity index (χ3v) is 3.60. The second-order valence-electron chi connectivity index (χ2n) is 4.99. The Morgan fingerprint density at radius 1 is 1.20 bits per heavy atom. The number of aromatic nitrogens is 2. The van der Waals surface area contributed by atoms with Crippen LogP contribution in [0.4, 0.5) is 4.39 Å². The maximum Gasteiger partial charge on any atom is 0.140 e. The minimum Gasteiger partial charge on any atom is -0.327 e. The number of halogens is 1. The standard InChI is InChI=1S/C16H16FN3/c1-10-7-12(4-5-13(10)17)16-19-14-8-11(9-18)3-6-15(14)20(16)2/h3-8H,9,18H2,1-2H3. The van der Waals surface area contributed by atoms with Gasteiger partial charge in [-0.25, -0.2) is 9.37 Å². The number of imidazole rings is 1. The molecule has 3 rings (SSSR count). The molecule has 20 heavy (non-hydrogen) atoms. The number of hydrogen-bond acceptors (Lipinski definition) is 2. The molecule has 0 saturated carbocycles. The average molecular weight is 269 g/mol. The topological polar surface area (TPSA) is 43.8 Å². The molecule has 3 aromatic rings. The summed E-state index contributed by atoms with van der Waals surface area (Å²) >= 11 is 0. The molecular formula is C16H16FN3. The normalized spacial score (nSPS) is 11.2. The number of rotatable bonds is 2. The molecule has 0 radical (unpaired) electrons. The summed E-state index contributed by atoms with van der Waals surface area (Å²) in [4.78, 5) is 4.65. The van der Waals surface area contributed by atoms with Crippen LogP contribution >= 0.6 is 0 Å². The lowest BCUT2D eigenvalue weighted by molar-refractivity contribution is 0.618. The van der Waals surface area contributed by atoms with Gasteiger partial charge in [-0.2, -0.15) is 0 Å². The van der Waals surface area contributed by atoms with E-state index in [9.17, 15) is 4.39 Å². The van der Waals surface area contributed by atoms with Crippen molar-refractivity contribution in [2.45, 2.75) is 13.5 Å². The van der Waals surface area contributed by atoms with E-state index in [2.05, 4.69) is 4.98 Å². The summed E-state index contributed by atoms with van der Waals surface area (Å²) in [5.74, 6) is 0.634. The zero-order valence-electron chi connectivity index (χ0n) is 11.5. The number of hydrogen-bond donors (Lipinski definition) is 1. The Kier molecular flexibility index (Phi) is 3.03. The van der Waals surface area contributed by atoms with Crippen LogP contribution in [0, 0.1) is 12.7 Å². The molecule has 2 aromatic carbocycles. The zero-order valence-corrected chi connectivity index (χ0v) is 11.5. The first-order chi connectivity index (χ1) is 9.60. The van der Waals surface area contributed by atoms with Gasteiger partial charge >= 0.3 is 0 Å². The monoisotopic (exact) mass is 269 g/mol. The Hall–Kier alpha value is -2.20. The van der Waals surface area contributed by atoms with E-state index in [1.165, 1.54) is 6.07 Å². The van der Waals surface area contributed by atoms with Gasteiger partial charge in [0.15, 0.2) is 0 Å². The number of nitrogens with zero attached hydrogens (tertiary/aromatic N) is 2. The molecule has 0 atom stereocenters. The van der Waals surface area contributed by atoms with Gasteiger partial charge in [0.05, 0.1) is 11.0 Å². The van der Waals surface area contributed by atoms with Gasteiger partial charge < -0.3 is 10.3 Å². The second kappa shape index (κ2) is 4.72. The van der Waals surface area contributed by atoms with E-state index < -0.39 is 0 Å². The lowest BCUT2D eigenvalue weighted by Crippen LogP contribution is -1.96. The van der Waals surface area contributed by atoms with Crippen molar-refractivity contribution < 1.29 is 4.39 Å². The predicted octanol–water partition coefficient (Wildman–Crippen LogP) is 3.15. The minimum atomic E-state index is -0.196. The Balaban J connectivity index is 2.20. The molecule has 0 aliphatic rings. The fraction of sp³-hybridized carbons (Fsp3) is 0.188. The van der Waals surface area contributed by atoms with Crippen molar-refractivity contribution in [2.75, 3.05) is 0 Å². The number of fused-ring (bicyclic) bond motifs is 1. The number of benzene rings is 2. The van der Waals surface area contributed by atoms with Crippen molar-refractivity contribution >= 4 is 11.0 Å². The van der Waals surface area contributed by atoms with Crippen LogP contribution in [-0.2, 0) is 13.6 Å². The van der Waals surface area contributed by atoms with Gasteiger partial charge in [0.1, 0.15) is 11.6 Å². The van der Waals surface area contributed by atoms with Crippen molar-refractivity contribution in [2.24, 2.45) is 12.8 Å². The van der Waals surface area contributed by atoms with E-state index in [1.807, 2.05) is 35.9 Å². The van der Waals surface area contributed by atoms with Crippen LogP contribution in [0.5, 0.6) is 0 Å². The quantitative estimate of drug-likeness (QED) is 0.776. The van der Waals surface area contributed by atoms with Crippen LogP contribution in [0.3, 0.4) is 0 Å². The van der Waals surface area contributed by atoms with Crippen molar-refractivity contribution in [3.8, 4) is 11.4 Å². The molecule has 0 fully saturated rings. The van der Waals surface area contributed by atoms with Gasteiger partial charge in [-0.1, -0.05) is 6.07 Å². The summed E-state index contributed by atoms with van der Waals surface area (Å²) in [5, 5.41) is 0. The van der Waals surface area contributed by atoms with Crippen molar-refractivity contribution in [1.82, 2.24) is 9.55 Å². The number of aryl methyl sites for hydroxylation is 2. The van der Waals surface area contributed by atoms with E-state index in [1.54, 1.807) is 13.0 Å². The van der Waals surface area contributed by atoms with Crippen molar-refractivity contribution in [1.29, 1.82) is 0 Å². The molecule has 0 amide bonds. The molecule has 0 bridgehead atoms. The summed E-state index contributed by atoms with van der Waals surface area (Å²) in [6.07, 6.45) is 0. The maximum absolute atomic E-state index is 13.4. The van der Waals surface area contributed by atoms with Gasteiger partial charge in [0.2, 0.25) is 0 Å². The Morgan fingerprint density at radius 2 is 2.00 bits per heavy atom. The third-order valence-electron chi connectivity index (χ3n) is 3.60. The van der Waals surface area contributed by atoms with E-state index in [4.69, 9.17) is 5.73 Å². The molecule has 0 spiro atoms. The fourth-order valence-electron chi connectivity index (χ4n) is 2.41. The Labute approximate surface area is 116 Å². The zero-order chi connectivity index (χ0) is 14.3. The van der Waals surface area contributed by atoms with Crippen molar-refractivity contribution in [3.63, 3.8) is 0 Å². The van der Waals surface area contributed by atoms with Gasteiger partial charge in [0, 0.05) is 19.2 Å². The van der Waals surface area contributed by atoms with E-state index in [-0.39, 0.29) is 5.82 Å². The Morgan fingerprint density at radius 3 is 2.70 bits per heavy atom. The first kappa shape index (κ1) is 12.8. The van der Waals surface area contributed by atoms with Crippen LogP contribution in [0.25, 0.3) is 22.4 Å². The summed E-state index contributed by atoms with van der Waals surface area (Å²) in [6.45, 7) is 2.26. The summed E-state index contributed by atoms with van der Waals surface area (Å²) < 4.78 is 15.4. The van der Waals surface area contributed by atoms with Crippen LogP contribution in [0.15, 0.2) is 36.4 Å². The first-order valence-corrected chi connectivity index (χ1v) is 6.52. The first-order valence-electron chi connectivity index (χ1n) is 6.52. The molecule has 0 aliphatic carbocycles. The summed E-state index contributed by atoms with van der Waals surface area (Å²) in [6, 6.07) is 11.1. The van der Waals surface area contributed by atoms with Crippen LogP contribution in [0.1, 0.15) is 11.1 Å². The van der Waals surface area contributed by atoms with Gasteiger partial charge in [-0.3, -0.25) is 0 Å². The molecule has 1 heterocycles. The lowest BCUT2D eigenvalue weighted by atomic mass is 10.1. The minimum absolute atomic E-state index is 0.196. The van der Waals surface area contributed by atoms with E-state index >= 15 is 0 Å². The predicted molar refractivity (Wildman–Crippen MR) is 78.7 cm³/mol. The van der Waals surface area contributed by atoms with Crippen LogP contribution < -0.4 is 5.73 Å². The highest BCUT2D eigenvalue weighted by Crippen LogP contribution is 2.25. The van der Waals surface area contributed by atoms with Crippen LogP contribution in [0.2, 0.25) is 0 Å². The molecule has 1 aromatic heterocycles. The maximum atomic E-state index is 13.4. The molecule has 0 aliphatic heterocycles. The Bertz CT molecular complexity index is 790. The lowest BCUT2D eigenvalue weighted by Gasteiger charge is -2.04. The van der Waals surface area contributed by atoms with Crippen molar-refractivity contribution in [3.05, 3.63) is 53.3 Å². The SMILES string of the molecule is Cc1cc(-c2nc3cc(CN)ccc3n2C)ccc1F. The molecule has 3 nitrogen and oxygen atoms in total. The van der Waals surface area contributed by atoms with E-state index in [0.29, 0.717) is 12.1 Å². The number of nitrogens with two attached hydrogens (primary N) is 1. The van der Waals surface area contributed by atoms with E-state index in [0.717, 1.165) is 28.0 Å². The summed E-state index contributed by atoms with van der Waals surface area (Å²) in [7, 11) is 1.96. The molecule has 102 valence electrons. The van der Waals surface area contributed by atoms with Gasteiger partial charge in [-0.05, 0) is 48.4 Å². The largest absolute Gasteiger partial charge is 0.327 e. The molecular weight excluding hydrogens is 253 g/mol. The average Bonchev–Trinajstić information content (AvgIpc) is 2.78. The third kappa shape index (κ3) is 1.98. The van der Waals surface area contributed by atoms with Gasteiger partial charge in [-0.15, -0.1) is 0 Å².